The largest absolute Gasteiger partial charge is 0.126 e. The van der Waals surface area contributed by atoms with Gasteiger partial charge in [-0.15, -0.1) is 11.8 Å². The van der Waals surface area contributed by atoms with Crippen LogP contribution in [0.25, 0.3) is 0 Å². The Kier molecular flexibility index (Phi) is 6.63. The maximum atomic E-state index is 2.31. The fraction of sp³-hybridized carbons (Fsp3) is 0.600. The number of benzene rings is 1. The maximum absolute atomic E-state index is 2.31. The van der Waals surface area contributed by atoms with Crippen molar-refractivity contribution in [2.75, 3.05) is 5.75 Å². The summed E-state index contributed by atoms with van der Waals surface area (Å²) in [5, 5.41) is 0. The van der Waals surface area contributed by atoms with E-state index < -0.39 is 0 Å². The zero-order valence-electron chi connectivity index (χ0n) is 10.9. The molecule has 0 spiro atoms. The molecule has 0 N–H and O–H groups in total. The van der Waals surface area contributed by atoms with Crippen LogP contribution < -0.4 is 0 Å². The van der Waals surface area contributed by atoms with Crippen molar-refractivity contribution < 1.29 is 0 Å². The number of hydrogen-bond acceptors (Lipinski definition) is 1. The zero-order chi connectivity index (χ0) is 11.8. The molecule has 0 amide bonds. The minimum absolute atomic E-state index is 1.27. The van der Waals surface area contributed by atoms with Crippen molar-refractivity contribution in [1.29, 1.82) is 0 Å². The first-order chi connectivity index (χ1) is 7.74. The van der Waals surface area contributed by atoms with E-state index in [1.54, 1.807) is 0 Å². The standard InChI is InChI=1S/C15H24S/c1-4-5-6-7-8-11-16-15-10-9-13(2)14(3)12-15/h9-10,12H,4-8,11H2,1-3H3. The third-order valence-corrected chi connectivity index (χ3v) is 4.08. The summed E-state index contributed by atoms with van der Waals surface area (Å²) in [5.74, 6) is 1.27. The Bertz CT molecular complexity index is 304. The second-order valence-corrected chi connectivity index (χ2v) is 5.68. The Morgan fingerprint density at radius 2 is 1.69 bits per heavy atom. The summed E-state index contributed by atoms with van der Waals surface area (Å²) in [6.45, 7) is 6.64. The van der Waals surface area contributed by atoms with E-state index in [1.807, 2.05) is 11.8 Å². The molecule has 0 aliphatic carbocycles. The van der Waals surface area contributed by atoms with Gasteiger partial charge in [-0.2, -0.15) is 0 Å². The van der Waals surface area contributed by atoms with Crippen molar-refractivity contribution in [1.82, 2.24) is 0 Å². The summed E-state index contributed by atoms with van der Waals surface area (Å²) in [7, 11) is 0. The lowest BCUT2D eigenvalue weighted by Crippen LogP contribution is -1.84. The molecule has 0 radical (unpaired) electrons. The SMILES string of the molecule is CCCCCCCSc1ccc(C)c(C)c1. The molecule has 0 saturated heterocycles. The lowest BCUT2D eigenvalue weighted by Gasteiger charge is -2.05. The first kappa shape index (κ1) is 13.6. The molecule has 0 unspecified atom stereocenters. The Morgan fingerprint density at radius 1 is 0.938 bits per heavy atom. The van der Waals surface area contributed by atoms with E-state index in [-0.39, 0.29) is 0 Å². The molecule has 1 aromatic rings. The predicted molar refractivity (Wildman–Crippen MR) is 75.4 cm³/mol. The van der Waals surface area contributed by atoms with Crippen LogP contribution in [0.15, 0.2) is 23.1 Å². The van der Waals surface area contributed by atoms with Crippen LogP contribution in [-0.4, -0.2) is 5.75 Å². The number of rotatable bonds is 7. The first-order valence-corrected chi connectivity index (χ1v) is 7.42. The zero-order valence-corrected chi connectivity index (χ0v) is 11.7. The molecule has 1 rings (SSSR count). The monoisotopic (exact) mass is 236 g/mol. The van der Waals surface area contributed by atoms with Gasteiger partial charge in [-0.3, -0.25) is 0 Å². The predicted octanol–water partition coefficient (Wildman–Crippen LogP) is 5.37. The molecule has 0 heterocycles. The minimum atomic E-state index is 1.27. The highest BCUT2D eigenvalue weighted by Crippen LogP contribution is 2.22. The molecule has 0 aromatic heterocycles. The smallest absolute Gasteiger partial charge is 0.00747 e. The summed E-state index contributed by atoms with van der Waals surface area (Å²) in [6.07, 6.45) is 6.89. The molecule has 0 atom stereocenters. The van der Waals surface area contributed by atoms with E-state index in [9.17, 15) is 0 Å². The van der Waals surface area contributed by atoms with Gasteiger partial charge in [0.25, 0.3) is 0 Å². The molecule has 1 aromatic carbocycles. The highest BCUT2D eigenvalue weighted by Gasteiger charge is 1.97. The van der Waals surface area contributed by atoms with Gasteiger partial charge in [0, 0.05) is 4.90 Å². The number of thioether (sulfide) groups is 1. The normalized spacial score (nSPS) is 10.7. The Labute approximate surface area is 105 Å². The van der Waals surface area contributed by atoms with Crippen LogP contribution in [0, 0.1) is 13.8 Å². The maximum Gasteiger partial charge on any atom is 0.00747 e. The molecule has 90 valence electrons. The molecule has 0 aliphatic rings. The van der Waals surface area contributed by atoms with Crippen molar-refractivity contribution >= 4 is 11.8 Å². The van der Waals surface area contributed by atoms with Crippen molar-refractivity contribution in [2.45, 2.75) is 57.8 Å². The third-order valence-electron chi connectivity index (χ3n) is 2.99. The van der Waals surface area contributed by atoms with Gasteiger partial charge in [-0.1, -0.05) is 38.7 Å². The fourth-order valence-corrected chi connectivity index (χ4v) is 2.71. The fourth-order valence-electron chi connectivity index (χ4n) is 1.70. The van der Waals surface area contributed by atoms with Crippen LogP contribution in [-0.2, 0) is 0 Å². The summed E-state index contributed by atoms with van der Waals surface area (Å²) in [6, 6.07) is 6.79. The van der Waals surface area contributed by atoms with Crippen molar-refractivity contribution in [3.63, 3.8) is 0 Å². The van der Waals surface area contributed by atoms with Gasteiger partial charge >= 0.3 is 0 Å². The van der Waals surface area contributed by atoms with Crippen LogP contribution >= 0.6 is 11.8 Å². The molecule has 0 saturated carbocycles. The minimum Gasteiger partial charge on any atom is -0.126 e. The van der Waals surface area contributed by atoms with E-state index in [0.717, 1.165) is 0 Å². The summed E-state index contributed by atoms with van der Waals surface area (Å²) >= 11 is 2.00. The summed E-state index contributed by atoms with van der Waals surface area (Å²) in [4.78, 5) is 1.43. The second-order valence-electron chi connectivity index (χ2n) is 4.51. The Morgan fingerprint density at radius 3 is 2.38 bits per heavy atom. The number of aryl methyl sites for hydroxylation is 2. The topological polar surface area (TPSA) is 0 Å². The third kappa shape index (κ3) is 5.07. The van der Waals surface area contributed by atoms with Crippen molar-refractivity contribution in [3.05, 3.63) is 29.3 Å². The lowest BCUT2D eigenvalue weighted by molar-refractivity contribution is 0.659. The average molecular weight is 236 g/mol. The van der Waals surface area contributed by atoms with E-state index in [0.29, 0.717) is 0 Å². The van der Waals surface area contributed by atoms with E-state index >= 15 is 0 Å². The molecule has 16 heavy (non-hydrogen) atoms. The number of hydrogen-bond donors (Lipinski definition) is 0. The highest BCUT2D eigenvalue weighted by molar-refractivity contribution is 7.99. The second kappa shape index (κ2) is 7.78. The van der Waals surface area contributed by atoms with Gasteiger partial charge in [-0.25, -0.2) is 0 Å². The van der Waals surface area contributed by atoms with Gasteiger partial charge in [-0.05, 0) is 49.3 Å². The van der Waals surface area contributed by atoms with Gasteiger partial charge in [0.1, 0.15) is 0 Å². The van der Waals surface area contributed by atoms with Crippen LogP contribution in [0.2, 0.25) is 0 Å². The average Bonchev–Trinajstić information content (AvgIpc) is 2.28. The van der Waals surface area contributed by atoms with Crippen LogP contribution in [0.3, 0.4) is 0 Å². The van der Waals surface area contributed by atoms with Crippen LogP contribution in [0.4, 0.5) is 0 Å². The molecule has 0 aliphatic heterocycles. The Balaban J connectivity index is 2.19. The molecule has 1 heteroatoms. The van der Waals surface area contributed by atoms with Gasteiger partial charge < -0.3 is 0 Å². The van der Waals surface area contributed by atoms with Gasteiger partial charge in [0.15, 0.2) is 0 Å². The highest BCUT2D eigenvalue weighted by atomic mass is 32.2. The molecule has 0 bridgehead atoms. The van der Waals surface area contributed by atoms with Crippen molar-refractivity contribution in [2.24, 2.45) is 0 Å². The quantitative estimate of drug-likeness (QED) is 0.453. The summed E-state index contributed by atoms with van der Waals surface area (Å²) in [5.41, 5.74) is 2.81. The Hall–Kier alpha value is -0.430. The van der Waals surface area contributed by atoms with Gasteiger partial charge in [0.05, 0.1) is 0 Å². The van der Waals surface area contributed by atoms with E-state index in [1.165, 1.54) is 53.9 Å². The van der Waals surface area contributed by atoms with Gasteiger partial charge in [0.2, 0.25) is 0 Å². The van der Waals surface area contributed by atoms with Crippen LogP contribution in [0.5, 0.6) is 0 Å². The molecule has 0 nitrogen and oxygen atoms in total. The van der Waals surface area contributed by atoms with E-state index in [2.05, 4.69) is 39.0 Å². The molecular formula is C15H24S. The molecule has 0 fully saturated rings. The molecular weight excluding hydrogens is 212 g/mol. The lowest BCUT2D eigenvalue weighted by atomic mass is 10.1. The number of unbranched alkanes of at least 4 members (excludes halogenated alkanes) is 4. The van der Waals surface area contributed by atoms with Crippen molar-refractivity contribution in [3.8, 4) is 0 Å². The van der Waals surface area contributed by atoms with Crippen LogP contribution in [0.1, 0.15) is 50.2 Å². The first-order valence-electron chi connectivity index (χ1n) is 6.44. The summed E-state index contributed by atoms with van der Waals surface area (Å²) < 4.78 is 0. The van der Waals surface area contributed by atoms with E-state index in [4.69, 9.17) is 0 Å².